The number of hydrogen-bond donors (Lipinski definition) is 0. The van der Waals surface area contributed by atoms with Crippen LogP contribution in [0, 0.1) is 20.8 Å². The Bertz CT molecular complexity index is 851. The summed E-state index contributed by atoms with van der Waals surface area (Å²) >= 11 is 0. The van der Waals surface area contributed by atoms with Gasteiger partial charge in [0.05, 0.1) is 12.2 Å². The molecule has 0 unspecified atom stereocenters. The van der Waals surface area contributed by atoms with Crippen LogP contribution in [0.5, 0.6) is 5.75 Å². The van der Waals surface area contributed by atoms with Crippen LogP contribution in [0.25, 0.3) is 0 Å². The molecule has 2 aromatic carbocycles. The molecule has 3 rings (SSSR count). The molecular formula is C21H22N2O3. The van der Waals surface area contributed by atoms with Crippen LogP contribution < -0.4 is 9.64 Å². The highest BCUT2D eigenvalue weighted by molar-refractivity contribution is 5.94. The average molecular weight is 350 g/mol. The van der Waals surface area contributed by atoms with E-state index in [2.05, 4.69) is 5.16 Å². The predicted molar refractivity (Wildman–Crippen MR) is 100 cm³/mol. The van der Waals surface area contributed by atoms with Crippen molar-refractivity contribution < 1.29 is 14.1 Å². The van der Waals surface area contributed by atoms with Crippen LogP contribution in [-0.2, 0) is 11.3 Å². The van der Waals surface area contributed by atoms with E-state index in [1.807, 2.05) is 75.4 Å². The minimum atomic E-state index is -0.128. The monoisotopic (exact) mass is 350 g/mol. The first-order chi connectivity index (χ1) is 12.5. The fourth-order valence-corrected chi connectivity index (χ4v) is 2.67. The van der Waals surface area contributed by atoms with Gasteiger partial charge in [0.25, 0.3) is 5.91 Å². The molecule has 0 saturated carbocycles. The van der Waals surface area contributed by atoms with Crippen LogP contribution in [0.15, 0.2) is 59.1 Å². The number of ether oxygens (including phenoxy) is 1. The minimum absolute atomic E-state index is 0.0403. The second-order valence-electron chi connectivity index (χ2n) is 6.22. The number of aromatic nitrogens is 1. The second kappa shape index (κ2) is 7.87. The molecule has 5 nitrogen and oxygen atoms in total. The summed E-state index contributed by atoms with van der Waals surface area (Å²) in [4.78, 5) is 14.6. The molecule has 0 bridgehead atoms. The lowest BCUT2D eigenvalue weighted by molar-refractivity contribution is -0.120. The molecule has 26 heavy (non-hydrogen) atoms. The first kappa shape index (κ1) is 17.7. The summed E-state index contributed by atoms with van der Waals surface area (Å²) in [5.41, 5.74) is 3.66. The topological polar surface area (TPSA) is 55.6 Å². The lowest BCUT2D eigenvalue weighted by Gasteiger charge is -2.23. The summed E-state index contributed by atoms with van der Waals surface area (Å²) in [6.07, 6.45) is 0. The highest BCUT2D eigenvalue weighted by atomic mass is 16.5. The number of benzene rings is 2. The van der Waals surface area contributed by atoms with Crippen molar-refractivity contribution in [2.75, 3.05) is 11.5 Å². The van der Waals surface area contributed by atoms with Gasteiger partial charge in [-0.2, -0.15) is 0 Å². The van der Waals surface area contributed by atoms with Crippen molar-refractivity contribution in [2.24, 2.45) is 0 Å². The van der Waals surface area contributed by atoms with Gasteiger partial charge in [-0.05, 0) is 45.0 Å². The van der Waals surface area contributed by atoms with E-state index >= 15 is 0 Å². The average Bonchev–Trinajstić information content (AvgIpc) is 2.97. The Kier molecular flexibility index (Phi) is 5.37. The third-order valence-corrected chi connectivity index (χ3v) is 4.25. The summed E-state index contributed by atoms with van der Waals surface area (Å²) in [5.74, 6) is 1.27. The fourth-order valence-electron chi connectivity index (χ4n) is 2.67. The van der Waals surface area contributed by atoms with Gasteiger partial charge in [0, 0.05) is 11.3 Å². The van der Waals surface area contributed by atoms with Gasteiger partial charge in [0.15, 0.2) is 6.61 Å². The molecule has 1 amide bonds. The van der Waals surface area contributed by atoms with Crippen molar-refractivity contribution in [2.45, 2.75) is 27.3 Å². The van der Waals surface area contributed by atoms with Crippen molar-refractivity contribution in [3.05, 3.63) is 77.2 Å². The number of amides is 1. The van der Waals surface area contributed by atoms with Gasteiger partial charge in [-0.3, -0.25) is 4.79 Å². The molecule has 0 saturated heterocycles. The molecule has 5 heteroatoms. The Morgan fingerprint density at radius 2 is 1.73 bits per heavy atom. The standard InChI is InChI=1S/C21H22N2O3/c1-15-9-11-19(12-10-15)25-14-21(24)23(18-7-5-4-6-8-18)13-20-16(2)22-26-17(20)3/h4-12H,13-14H2,1-3H3. The summed E-state index contributed by atoms with van der Waals surface area (Å²) in [6, 6.07) is 17.2. The van der Waals surface area contributed by atoms with Gasteiger partial charge in [-0.15, -0.1) is 0 Å². The molecule has 0 radical (unpaired) electrons. The number of hydrogen-bond acceptors (Lipinski definition) is 4. The van der Waals surface area contributed by atoms with E-state index in [0.29, 0.717) is 12.3 Å². The van der Waals surface area contributed by atoms with Gasteiger partial charge in [-0.1, -0.05) is 41.1 Å². The van der Waals surface area contributed by atoms with Gasteiger partial charge < -0.3 is 14.2 Å². The molecule has 0 aliphatic rings. The highest BCUT2D eigenvalue weighted by Crippen LogP contribution is 2.21. The number of carbonyl (C=O) groups excluding carboxylic acids is 1. The van der Waals surface area contributed by atoms with Crippen molar-refractivity contribution in [1.82, 2.24) is 5.16 Å². The maximum atomic E-state index is 12.9. The smallest absolute Gasteiger partial charge is 0.265 e. The van der Waals surface area contributed by atoms with E-state index in [0.717, 1.165) is 28.3 Å². The lowest BCUT2D eigenvalue weighted by atomic mass is 10.1. The first-order valence-corrected chi connectivity index (χ1v) is 8.51. The van der Waals surface area contributed by atoms with E-state index in [4.69, 9.17) is 9.26 Å². The maximum Gasteiger partial charge on any atom is 0.265 e. The molecule has 0 aliphatic heterocycles. The Labute approximate surface area is 153 Å². The normalized spacial score (nSPS) is 10.6. The summed E-state index contributed by atoms with van der Waals surface area (Å²) in [7, 11) is 0. The fraction of sp³-hybridized carbons (Fsp3) is 0.238. The maximum absolute atomic E-state index is 12.9. The van der Waals surface area contributed by atoms with Crippen LogP contribution >= 0.6 is 0 Å². The first-order valence-electron chi connectivity index (χ1n) is 8.51. The molecule has 1 aromatic heterocycles. The zero-order valence-corrected chi connectivity index (χ0v) is 15.2. The van der Waals surface area contributed by atoms with E-state index in [1.54, 1.807) is 4.90 Å². The van der Waals surface area contributed by atoms with Crippen molar-refractivity contribution in [1.29, 1.82) is 0 Å². The molecule has 0 N–H and O–H groups in total. The molecule has 0 fully saturated rings. The van der Waals surface area contributed by atoms with E-state index in [9.17, 15) is 4.79 Å². The van der Waals surface area contributed by atoms with Crippen molar-refractivity contribution >= 4 is 11.6 Å². The van der Waals surface area contributed by atoms with Gasteiger partial charge >= 0.3 is 0 Å². The Morgan fingerprint density at radius 1 is 1.04 bits per heavy atom. The largest absolute Gasteiger partial charge is 0.484 e. The van der Waals surface area contributed by atoms with Crippen LogP contribution in [0.1, 0.15) is 22.6 Å². The number of anilines is 1. The Balaban J connectivity index is 1.78. The van der Waals surface area contributed by atoms with E-state index < -0.39 is 0 Å². The molecular weight excluding hydrogens is 328 g/mol. The SMILES string of the molecule is Cc1ccc(OCC(=O)N(Cc2c(C)noc2C)c2ccccc2)cc1. The van der Waals surface area contributed by atoms with Crippen LogP contribution in [-0.4, -0.2) is 17.7 Å². The van der Waals surface area contributed by atoms with Gasteiger partial charge in [-0.25, -0.2) is 0 Å². The summed E-state index contributed by atoms with van der Waals surface area (Å²) < 4.78 is 10.9. The molecule has 0 spiro atoms. The van der Waals surface area contributed by atoms with Gasteiger partial charge in [0.2, 0.25) is 0 Å². The van der Waals surface area contributed by atoms with Crippen molar-refractivity contribution in [3.63, 3.8) is 0 Å². The van der Waals surface area contributed by atoms with E-state index in [1.165, 1.54) is 0 Å². The minimum Gasteiger partial charge on any atom is -0.484 e. The molecule has 134 valence electrons. The lowest BCUT2D eigenvalue weighted by Crippen LogP contribution is -2.34. The number of aryl methyl sites for hydroxylation is 3. The zero-order chi connectivity index (χ0) is 18.5. The predicted octanol–water partition coefficient (Wildman–Crippen LogP) is 4.21. The number of para-hydroxylation sites is 1. The number of nitrogens with zero attached hydrogens (tertiary/aromatic N) is 2. The third-order valence-electron chi connectivity index (χ3n) is 4.25. The highest BCUT2D eigenvalue weighted by Gasteiger charge is 2.20. The molecule has 0 aliphatic carbocycles. The molecule has 0 atom stereocenters. The van der Waals surface area contributed by atoms with Gasteiger partial charge in [0.1, 0.15) is 11.5 Å². The molecule has 3 aromatic rings. The summed E-state index contributed by atoms with van der Waals surface area (Å²) in [6.45, 7) is 6.09. The summed E-state index contributed by atoms with van der Waals surface area (Å²) in [5, 5.41) is 3.98. The zero-order valence-electron chi connectivity index (χ0n) is 15.2. The second-order valence-corrected chi connectivity index (χ2v) is 6.22. The Hall–Kier alpha value is -3.08. The number of carbonyl (C=O) groups is 1. The number of rotatable bonds is 6. The van der Waals surface area contributed by atoms with Crippen LogP contribution in [0.2, 0.25) is 0 Å². The molecule has 1 heterocycles. The van der Waals surface area contributed by atoms with E-state index in [-0.39, 0.29) is 12.5 Å². The van der Waals surface area contributed by atoms with Crippen LogP contribution in [0.4, 0.5) is 5.69 Å². The van der Waals surface area contributed by atoms with Crippen molar-refractivity contribution in [3.8, 4) is 5.75 Å². The quantitative estimate of drug-likeness (QED) is 0.668. The Morgan fingerprint density at radius 3 is 2.35 bits per heavy atom. The third kappa shape index (κ3) is 4.11. The van der Waals surface area contributed by atoms with Crippen LogP contribution in [0.3, 0.4) is 0 Å².